The average Bonchev–Trinajstić information content (AvgIpc) is 2.72. The molecule has 1 aliphatic carbocycles. The molecule has 1 nitrogen and oxygen atoms in total. The molecule has 2 aromatic rings. The van der Waals surface area contributed by atoms with Crippen LogP contribution < -0.4 is 5.32 Å². The summed E-state index contributed by atoms with van der Waals surface area (Å²) < 4.78 is 0. The van der Waals surface area contributed by atoms with Crippen molar-refractivity contribution in [2.24, 2.45) is 0 Å². The third-order valence-corrected chi connectivity index (χ3v) is 5.55. The van der Waals surface area contributed by atoms with Gasteiger partial charge in [0.25, 0.3) is 0 Å². The van der Waals surface area contributed by atoms with Crippen LogP contribution in [0.5, 0.6) is 0 Å². The predicted octanol–water partition coefficient (Wildman–Crippen LogP) is 4.63. The molecule has 3 rings (SSSR count). The summed E-state index contributed by atoms with van der Waals surface area (Å²) in [4.78, 5) is 3.10. The van der Waals surface area contributed by atoms with Gasteiger partial charge in [0, 0.05) is 9.75 Å². The summed E-state index contributed by atoms with van der Waals surface area (Å²) in [5.74, 6) is 0. The van der Waals surface area contributed by atoms with E-state index in [1.54, 1.807) is 10.4 Å². The van der Waals surface area contributed by atoms with Crippen LogP contribution in [0.2, 0.25) is 0 Å². The molecule has 1 unspecified atom stereocenters. The van der Waals surface area contributed by atoms with Gasteiger partial charge in [-0.25, -0.2) is 0 Å². The van der Waals surface area contributed by atoms with Gasteiger partial charge in [0.05, 0.1) is 6.04 Å². The molecule has 2 heteroatoms. The minimum absolute atomic E-state index is 0.340. The Morgan fingerprint density at radius 3 is 2.55 bits per heavy atom. The molecule has 0 bridgehead atoms. The first-order valence-corrected chi connectivity index (χ1v) is 8.45. The van der Waals surface area contributed by atoms with Crippen LogP contribution >= 0.6 is 11.3 Å². The summed E-state index contributed by atoms with van der Waals surface area (Å²) in [5, 5.41) is 3.49. The highest BCUT2D eigenvalue weighted by molar-refractivity contribution is 7.12. The van der Waals surface area contributed by atoms with Crippen molar-refractivity contribution in [2.75, 3.05) is 7.05 Å². The van der Waals surface area contributed by atoms with Crippen LogP contribution in [0.1, 0.15) is 51.7 Å². The quantitative estimate of drug-likeness (QED) is 0.810. The Balaban J connectivity index is 1.91. The van der Waals surface area contributed by atoms with Crippen molar-refractivity contribution in [3.05, 3.63) is 56.8 Å². The summed E-state index contributed by atoms with van der Waals surface area (Å²) in [5.41, 5.74) is 4.30. The second-order valence-electron chi connectivity index (χ2n) is 5.79. The van der Waals surface area contributed by atoms with E-state index in [0.717, 1.165) is 0 Å². The topological polar surface area (TPSA) is 12.0 Å². The average molecular weight is 285 g/mol. The van der Waals surface area contributed by atoms with Gasteiger partial charge in [-0.3, -0.25) is 0 Å². The van der Waals surface area contributed by atoms with E-state index in [1.165, 1.54) is 48.1 Å². The number of nitrogens with one attached hydrogen (secondary N) is 1. The number of fused-ring (bicyclic) bond motifs is 1. The van der Waals surface area contributed by atoms with E-state index in [1.807, 2.05) is 11.3 Å². The molecule has 20 heavy (non-hydrogen) atoms. The highest BCUT2D eigenvalue weighted by Gasteiger charge is 2.18. The Hall–Kier alpha value is -1.12. The number of hydrogen-bond donors (Lipinski definition) is 1. The van der Waals surface area contributed by atoms with E-state index >= 15 is 0 Å². The van der Waals surface area contributed by atoms with Crippen LogP contribution in [0.3, 0.4) is 0 Å². The van der Waals surface area contributed by atoms with Crippen molar-refractivity contribution in [2.45, 2.75) is 45.1 Å². The first-order valence-electron chi connectivity index (χ1n) is 7.63. The Morgan fingerprint density at radius 1 is 1.05 bits per heavy atom. The zero-order valence-corrected chi connectivity index (χ0v) is 13.2. The summed E-state index contributed by atoms with van der Waals surface area (Å²) in [6, 6.07) is 11.7. The third kappa shape index (κ3) is 2.82. The summed E-state index contributed by atoms with van der Waals surface area (Å²) in [7, 11) is 2.06. The van der Waals surface area contributed by atoms with Gasteiger partial charge in [0.15, 0.2) is 0 Å². The second kappa shape index (κ2) is 6.11. The predicted molar refractivity (Wildman–Crippen MR) is 87.7 cm³/mol. The molecule has 0 radical (unpaired) electrons. The Kier molecular flexibility index (Phi) is 4.23. The van der Waals surface area contributed by atoms with Crippen molar-refractivity contribution in [1.82, 2.24) is 5.32 Å². The van der Waals surface area contributed by atoms with Gasteiger partial charge in [0.1, 0.15) is 0 Å². The second-order valence-corrected chi connectivity index (χ2v) is 6.96. The SMILES string of the molecule is CNC(c1ccc(C)cc1)c1cc2c(s1)CCCCC2. The Bertz CT molecular complexity index is 544. The van der Waals surface area contributed by atoms with Gasteiger partial charge in [-0.05, 0) is 56.8 Å². The van der Waals surface area contributed by atoms with E-state index in [9.17, 15) is 0 Å². The van der Waals surface area contributed by atoms with Gasteiger partial charge in [-0.1, -0.05) is 36.2 Å². The van der Waals surface area contributed by atoms with Crippen molar-refractivity contribution in [1.29, 1.82) is 0 Å². The van der Waals surface area contributed by atoms with Gasteiger partial charge in [-0.2, -0.15) is 0 Å². The molecular formula is C18H23NS. The smallest absolute Gasteiger partial charge is 0.0668 e. The zero-order valence-electron chi connectivity index (χ0n) is 12.4. The van der Waals surface area contributed by atoms with Crippen LogP contribution in [-0.4, -0.2) is 7.05 Å². The van der Waals surface area contributed by atoms with E-state index < -0.39 is 0 Å². The maximum atomic E-state index is 3.49. The van der Waals surface area contributed by atoms with Gasteiger partial charge in [-0.15, -0.1) is 11.3 Å². The minimum Gasteiger partial charge on any atom is -0.309 e. The van der Waals surface area contributed by atoms with Crippen LogP contribution in [0.25, 0.3) is 0 Å². The van der Waals surface area contributed by atoms with Gasteiger partial charge in [0.2, 0.25) is 0 Å². The van der Waals surface area contributed by atoms with Crippen molar-refractivity contribution < 1.29 is 0 Å². The monoisotopic (exact) mass is 285 g/mol. The number of rotatable bonds is 3. The molecule has 0 saturated heterocycles. The molecule has 106 valence electrons. The van der Waals surface area contributed by atoms with Crippen LogP contribution in [0.4, 0.5) is 0 Å². The van der Waals surface area contributed by atoms with Crippen molar-refractivity contribution in [3.63, 3.8) is 0 Å². The fourth-order valence-electron chi connectivity index (χ4n) is 3.06. The number of benzene rings is 1. The molecule has 1 atom stereocenters. The lowest BCUT2D eigenvalue weighted by Crippen LogP contribution is -2.16. The maximum Gasteiger partial charge on any atom is 0.0668 e. The number of aryl methyl sites for hydroxylation is 3. The molecule has 0 aliphatic heterocycles. The fourth-order valence-corrected chi connectivity index (χ4v) is 4.46. The van der Waals surface area contributed by atoms with E-state index in [4.69, 9.17) is 0 Å². The molecular weight excluding hydrogens is 262 g/mol. The minimum atomic E-state index is 0.340. The number of hydrogen-bond acceptors (Lipinski definition) is 2. The lowest BCUT2D eigenvalue weighted by atomic mass is 10.0. The molecule has 1 N–H and O–H groups in total. The van der Waals surface area contributed by atoms with E-state index in [0.29, 0.717) is 6.04 Å². The third-order valence-electron chi connectivity index (χ3n) is 4.25. The van der Waals surface area contributed by atoms with Crippen LogP contribution in [0, 0.1) is 6.92 Å². The lowest BCUT2D eigenvalue weighted by Gasteiger charge is -2.15. The van der Waals surface area contributed by atoms with Gasteiger partial charge < -0.3 is 5.32 Å². The largest absolute Gasteiger partial charge is 0.309 e. The standard InChI is InChI=1S/C18H23NS/c1-13-8-10-14(11-9-13)18(19-2)17-12-15-6-4-3-5-7-16(15)20-17/h8-12,18-19H,3-7H2,1-2H3. The number of thiophene rings is 1. The van der Waals surface area contributed by atoms with Crippen LogP contribution in [0.15, 0.2) is 30.3 Å². The van der Waals surface area contributed by atoms with E-state index in [2.05, 4.69) is 49.6 Å². The first-order chi connectivity index (χ1) is 9.78. The molecule has 1 aliphatic rings. The Labute approximate surface area is 126 Å². The van der Waals surface area contributed by atoms with Gasteiger partial charge >= 0.3 is 0 Å². The maximum absolute atomic E-state index is 3.49. The molecule has 1 aromatic heterocycles. The molecule has 0 amide bonds. The molecule has 0 fully saturated rings. The fraction of sp³-hybridized carbons (Fsp3) is 0.444. The molecule has 0 spiro atoms. The lowest BCUT2D eigenvalue weighted by molar-refractivity contribution is 0.698. The van der Waals surface area contributed by atoms with Crippen LogP contribution in [-0.2, 0) is 12.8 Å². The van der Waals surface area contributed by atoms with Crippen molar-refractivity contribution >= 4 is 11.3 Å². The molecule has 0 saturated carbocycles. The Morgan fingerprint density at radius 2 is 1.80 bits per heavy atom. The normalized spacial score (nSPS) is 16.5. The van der Waals surface area contributed by atoms with Crippen molar-refractivity contribution in [3.8, 4) is 0 Å². The summed E-state index contributed by atoms with van der Waals surface area (Å²) >= 11 is 2.02. The highest BCUT2D eigenvalue weighted by Crippen LogP contribution is 2.34. The summed E-state index contributed by atoms with van der Waals surface area (Å²) in [6.45, 7) is 2.14. The summed E-state index contributed by atoms with van der Waals surface area (Å²) in [6.07, 6.45) is 6.67. The molecule has 1 aromatic carbocycles. The zero-order chi connectivity index (χ0) is 13.9. The molecule has 1 heterocycles. The highest BCUT2D eigenvalue weighted by atomic mass is 32.1. The first kappa shape index (κ1) is 13.8. The van der Waals surface area contributed by atoms with E-state index in [-0.39, 0.29) is 0 Å².